The molecule has 0 radical (unpaired) electrons. The van der Waals surface area contributed by atoms with Gasteiger partial charge in [0.1, 0.15) is 30.6 Å². The zero-order chi connectivity index (χ0) is 21.2. The Morgan fingerprint density at radius 1 is 1.21 bits per heavy atom. The third kappa shape index (κ3) is 6.15. The second-order valence-corrected chi connectivity index (χ2v) is 6.25. The number of hydrogen-bond acceptors (Lipinski definition) is 5. The van der Waals surface area contributed by atoms with Crippen molar-refractivity contribution >= 4 is 12.0 Å². The number of methoxy groups -OCH3 is 1. The second-order valence-electron chi connectivity index (χ2n) is 6.25. The molecule has 2 N–H and O–H groups in total. The average Bonchev–Trinajstić information content (AvgIpc) is 2.71. The van der Waals surface area contributed by atoms with Gasteiger partial charge in [-0.15, -0.1) is 6.58 Å². The van der Waals surface area contributed by atoms with Crippen molar-refractivity contribution in [1.82, 2.24) is 0 Å². The van der Waals surface area contributed by atoms with Crippen LogP contribution in [0.3, 0.4) is 0 Å². The quantitative estimate of drug-likeness (QED) is 0.289. The minimum atomic E-state index is -0.787. The first kappa shape index (κ1) is 21.6. The van der Waals surface area contributed by atoms with E-state index < -0.39 is 5.91 Å². The van der Waals surface area contributed by atoms with Gasteiger partial charge in [-0.25, -0.2) is 0 Å². The Morgan fingerprint density at radius 2 is 1.90 bits per heavy atom. The number of amides is 1. The summed E-state index contributed by atoms with van der Waals surface area (Å²) >= 11 is 0. The number of nitrogens with zero attached hydrogens (tertiary/aromatic N) is 1. The van der Waals surface area contributed by atoms with Crippen LogP contribution in [0.15, 0.2) is 54.6 Å². The van der Waals surface area contributed by atoms with Crippen molar-refractivity contribution in [2.75, 3.05) is 20.3 Å². The smallest absolute Gasteiger partial charge is 0.259 e. The van der Waals surface area contributed by atoms with Crippen molar-refractivity contribution < 1.29 is 19.0 Å². The Hall–Kier alpha value is -3.72. The number of ether oxygens (including phenoxy) is 3. The Kier molecular flexibility index (Phi) is 7.87. The van der Waals surface area contributed by atoms with Gasteiger partial charge >= 0.3 is 0 Å². The van der Waals surface area contributed by atoms with Crippen molar-refractivity contribution in [3.63, 3.8) is 0 Å². The van der Waals surface area contributed by atoms with Gasteiger partial charge in [0, 0.05) is 5.56 Å². The molecule has 2 rings (SSSR count). The number of primary amides is 1. The molecule has 0 aliphatic rings. The highest BCUT2D eigenvalue weighted by molar-refractivity contribution is 6.00. The normalized spacial score (nSPS) is 10.7. The number of hydrogen-bond donors (Lipinski definition) is 1. The van der Waals surface area contributed by atoms with Crippen LogP contribution in [-0.2, 0) is 11.2 Å². The molecule has 2 aromatic rings. The van der Waals surface area contributed by atoms with Crippen LogP contribution in [0.4, 0.5) is 0 Å². The molecule has 150 valence electrons. The molecule has 0 spiro atoms. The van der Waals surface area contributed by atoms with Crippen molar-refractivity contribution in [2.24, 2.45) is 5.73 Å². The van der Waals surface area contributed by atoms with Crippen LogP contribution in [0, 0.1) is 18.3 Å². The Bertz CT molecular complexity index is 941. The van der Waals surface area contributed by atoms with Gasteiger partial charge in [0.05, 0.1) is 7.11 Å². The third-order valence-corrected chi connectivity index (χ3v) is 4.05. The number of benzene rings is 2. The maximum atomic E-state index is 11.3. The van der Waals surface area contributed by atoms with E-state index >= 15 is 0 Å². The summed E-state index contributed by atoms with van der Waals surface area (Å²) in [5.41, 5.74) is 7.65. The lowest BCUT2D eigenvalue weighted by Gasteiger charge is -2.16. The van der Waals surface area contributed by atoms with Gasteiger partial charge in [-0.1, -0.05) is 23.8 Å². The summed E-state index contributed by atoms with van der Waals surface area (Å²) in [7, 11) is 1.52. The fourth-order valence-corrected chi connectivity index (χ4v) is 2.65. The fraction of sp³-hybridized carbons (Fsp3) is 0.217. The van der Waals surface area contributed by atoms with Crippen LogP contribution in [0.25, 0.3) is 6.08 Å². The summed E-state index contributed by atoms with van der Waals surface area (Å²) in [5, 5.41) is 9.06. The van der Waals surface area contributed by atoms with Gasteiger partial charge in [-0.05, 0) is 49.2 Å². The molecule has 0 unspecified atom stereocenters. The molecule has 0 saturated heterocycles. The molecule has 2 aromatic carbocycles. The monoisotopic (exact) mass is 392 g/mol. The zero-order valence-corrected chi connectivity index (χ0v) is 16.6. The summed E-state index contributed by atoms with van der Waals surface area (Å²) in [5.74, 6) is 1.03. The third-order valence-electron chi connectivity index (χ3n) is 4.05. The molecule has 0 saturated carbocycles. The van der Waals surface area contributed by atoms with Gasteiger partial charge in [0.25, 0.3) is 5.91 Å². The Labute approximate surface area is 170 Å². The number of nitrogens with two attached hydrogens (primary N) is 1. The molecular weight excluding hydrogens is 368 g/mol. The van der Waals surface area contributed by atoms with Gasteiger partial charge in [-0.2, -0.15) is 5.26 Å². The molecule has 0 aliphatic heterocycles. The summed E-state index contributed by atoms with van der Waals surface area (Å²) < 4.78 is 17.1. The minimum absolute atomic E-state index is 0.142. The molecular formula is C23H24N2O4. The molecule has 6 nitrogen and oxygen atoms in total. The van der Waals surface area contributed by atoms with Crippen LogP contribution in [-0.4, -0.2) is 26.2 Å². The highest BCUT2D eigenvalue weighted by atomic mass is 16.5. The minimum Gasteiger partial charge on any atom is -0.493 e. The highest BCUT2D eigenvalue weighted by Gasteiger charge is 2.13. The molecule has 0 atom stereocenters. The van der Waals surface area contributed by atoms with Crippen LogP contribution >= 0.6 is 0 Å². The first-order chi connectivity index (χ1) is 14.0. The van der Waals surface area contributed by atoms with E-state index in [0.29, 0.717) is 36.7 Å². The Balaban J connectivity index is 2.19. The van der Waals surface area contributed by atoms with E-state index in [1.54, 1.807) is 24.3 Å². The first-order valence-electron chi connectivity index (χ1n) is 9.04. The van der Waals surface area contributed by atoms with Gasteiger partial charge in [-0.3, -0.25) is 4.79 Å². The van der Waals surface area contributed by atoms with Crippen molar-refractivity contribution in [3.05, 3.63) is 71.3 Å². The topological polar surface area (TPSA) is 94.6 Å². The number of carbonyl (C=O) groups excluding carboxylic acids is 1. The number of aryl methyl sites for hydroxylation is 1. The number of allylic oxidation sites excluding steroid dienone is 1. The van der Waals surface area contributed by atoms with Crippen molar-refractivity contribution in [1.29, 1.82) is 5.26 Å². The zero-order valence-electron chi connectivity index (χ0n) is 16.6. The maximum absolute atomic E-state index is 11.3. The average molecular weight is 392 g/mol. The fourth-order valence-electron chi connectivity index (χ4n) is 2.65. The SMILES string of the molecule is C=CCc1cc(C=C(C#N)C(N)=O)cc(OC)c1OCCOc1ccc(C)cc1. The van der Waals surface area contributed by atoms with E-state index in [1.165, 1.54) is 13.2 Å². The van der Waals surface area contributed by atoms with Gasteiger partial charge in [0.15, 0.2) is 11.5 Å². The Morgan fingerprint density at radius 3 is 2.48 bits per heavy atom. The largest absolute Gasteiger partial charge is 0.493 e. The molecule has 0 fully saturated rings. The lowest BCUT2D eigenvalue weighted by atomic mass is 10.0. The van der Waals surface area contributed by atoms with E-state index in [-0.39, 0.29) is 5.57 Å². The van der Waals surface area contributed by atoms with E-state index in [4.69, 9.17) is 25.2 Å². The van der Waals surface area contributed by atoms with Gasteiger partial charge in [0.2, 0.25) is 0 Å². The van der Waals surface area contributed by atoms with E-state index in [0.717, 1.165) is 16.9 Å². The molecule has 0 bridgehead atoms. The predicted molar refractivity (Wildman–Crippen MR) is 112 cm³/mol. The number of rotatable bonds is 10. The summed E-state index contributed by atoms with van der Waals surface area (Å²) in [4.78, 5) is 11.3. The maximum Gasteiger partial charge on any atom is 0.259 e. The number of carbonyl (C=O) groups is 1. The molecule has 1 amide bonds. The first-order valence-corrected chi connectivity index (χ1v) is 9.04. The molecule has 29 heavy (non-hydrogen) atoms. The standard InChI is InChI=1S/C23H24N2O4/c1-4-5-18-12-17(13-19(15-24)23(25)26)14-21(27-3)22(18)29-11-10-28-20-8-6-16(2)7-9-20/h4,6-9,12-14H,1,5,10-11H2,2-3H3,(H2,25,26). The van der Waals surface area contributed by atoms with Crippen molar-refractivity contribution in [3.8, 4) is 23.3 Å². The van der Waals surface area contributed by atoms with Crippen LogP contribution in [0.1, 0.15) is 16.7 Å². The lowest BCUT2D eigenvalue weighted by Crippen LogP contribution is -2.12. The predicted octanol–water partition coefficient (Wildman–Crippen LogP) is 3.58. The molecule has 0 aliphatic carbocycles. The van der Waals surface area contributed by atoms with E-state index in [2.05, 4.69) is 6.58 Å². The van der Waals surface area contributed by atoms with Crippen molar-refractivity contribution in [2.45, 2.75) is 13.3 Å². The van der Waals surface area contributed by atoms with Crippen LogP contribution in [0.5, 0.6) is 17.2 Å². The molecule has 6 heteroatoms. The highest BCUT2D eigenvalue weighted by Crippen LogP contribution is 2.34. The van der Waals surface area contributed by atoms with Gasteiger partial charge < -0.3 is 19.9 Å². The number of nitriles is 1. The second kappa shape index (κ2) is 10.6. The van der Waals surface area contributed by atoms with Crippen LogP contribution in [0.2, 0.25) is 0 Å². The van der Waals surface area contributed by atoms with E-state index in [9.17, 15) is 4.79 Å². The van der Waals surface area contributed by atoms with E-state index in [1.807, 2.05) is 31.2 Å². The molecule has 0 heterocycles. The lowest BCUT2D eigenvalue weighted by molar-refractivity contribution is -0.114. The summed E-state index contributed by atoms with van der Waals surface area (Å²) in [6, 6.07) is 13.1. The summed E-state index contributed by atoms with van der Waals surface area (Å²) in [6.45, 7) is 6.46. The molecule has 0 aromatic heterocycles. The van der Waals surface area contributed by atoms with Crippen LogP contribution < -0.4 is 19.9 Å². The summed E-state index contributed by atoms with van der Waals surface area (Å²) in [6.07, 6.45) is 3.67.